The lowest BCUT2D eigenvalue weighted by Gasteiger charge is -2.35. The van der Waals surface area contributed by atoms with Gasteiger partial charge in [-0.15, -0.1) is 0 Å². The number of benzene rings is 1. The summed E-state index contributed by atoms with van der Waals surface area (Å²) in [5.41, 5.74) is 2.33. The van der Waals surface area contributed by atoms with E-state index in [1.165, 1.54) is 38.0 Å². The fourth-order valence-electron chi connectivity index (χ4n) is 2.88. The Hall–Kier alpha value is -0.730. The largest absolute Gasteiger partial charge is 0.381 e. The molecule has 2 rings (SSSR count). The summed E-state index contributed by atoms with van der Waals surface area (Å²) in [4.78, 5) is 2.53. The maximum atomic E-state index is 6.25. The third-order valence-corrected chi connectivity index (χ3v) is 4.62. The van der Waals surface area contributed by atoms with Gasteiger partial charge < -0.3 is 10.2 Å². The van der Waals surface area contributed by atoms with Gasteiger partial charge in [0.1, 0.15) is 0 Å². The fraction of sp³-hybridized carbons (Fsp3) is 0.625. The third-order valence-electron chi connectivity index (χ3n) is 4.29. The summed E-state index contributed by atoms with van der Waals surface area (Å²) in [5.74, 6) is 0.749. The number of anilines is 1. The lowest BCUT2D eigenvalue weighted by atomic mass is 9.90. The lowest BCUT2D eigenvalue weighted by Crippen LogP contribution is -2.39. The van der Waals surface area contributed by atoms with Crippen LogP contribution in [0.1, 0.15) is 32.3 Å². The van der Waals surface area contributed by atoms with E-state index in [0.29, 0.717) is 6.04 Å². The molecule has 0 radical (unpaired) electrons. The van der Waals surface area contributed by atoms with Gasteiger partial charge in [0.25, 0.3) is 0 Å². The van der Waals surface area contributed by atoms with E-state index >= 15 is 0 Å². The summed E-state index contributed by atoms with van der Waals surface area (Å²) < 4.78 is 0. The highest BCUT2D eigenvalue weighted by Crippen LogP contribution is 2.27. The molecule has 1 aliphatic heterocycles. The molecule has 1 N–H and O–H groups in total. The van der Waals surface area contributed by atoms with Gasteiger partial charge in [-0.1, -0.05) is 24.6 Å². The van der Waals surface area contributed by atoms with Crippen LogP contribution in [0.4, 0.5) is 5.69 Å². The van der Waals surface area contributed by atoms with E-state index in [9.17, 15) is 0 Å². The molecule has 1 heterocycles. The maximum Gasteiger partial charge on any atom is 0.0637 e. The predicted octanol–water partition coefficient (Wildman–Crippen LogP) is 4.18. The van der Waals surface area contributed by atoms with Crippen molar-refractivity contribution < 1.29 is 0 Å². The van der Waals surface area contributed by atoms with Gasteiger partial charge in [0.05, 0.1) is 10.7 Å². The van der Waals surface area contributed by atoms with Gasteiger partial charge in [0.15, 0.2) is 0 Å². The molecule has 1 aromatic carbocycles. The van der Waals surface area contributed by atoms with Crippen LogP contribution in [0.15, 0.2) is 18.2 Å². The molecule has 1 aliphatic rings. The molecule has 1 aromatic rings. The van der Waals surface area contributed by atoms with Crippen LogP contribution >= 0.6 is 11.6 Å². The van der Waals surface area contributed by atoms with Gasteiger partial charge in [-0.2, -0.15) is 0 Å². The number of halogens is 1. The summed E-state index contributed by atoms with van der Waals surface area (Å²) in [6.45, 7) is 10.3. The van der Waals surface area contributed by atoms with Crippen LogP contribution in [0.25, 0.3) is 0 Å². The van der Waals surface area contributed by atoms with Crippen LogP contribution in [-0.4, -0.2) is 30.6 Å². The molecule has 1 atom stereocenters. The minimum Gasteiger partial charge on any atom is -0.381 e. The molecule has 3 heteroatoms. The number of rotatable bonds is 4. The quantitative estimate of drug-likeness (QED) is 0.890. The number of likely N-dealkylation sites (tertiary alicyclic amines) is 1. The summed E-state index contributed by atoms with van der Waals surface area (Å²) in [7, 11) is 0. The Morgan fingerprint density at radius 3 is 2.68 bits per heavy atom. The highest BCUT2D eigenvalue weighted by molar-refractivity contribution is 6.33. The Kier molecular flexibility index (Phi) is 5.12. The zero-order chi connectivity index (χ0) is 13.8. The molecular formula is C16H25ClN2. The fourth-order valence-corrected chi connectivity index (χ4v) is 3.05. The molecule has 0 bridgehead atoms. The summed E-state index contributed by atoms with van der Waals surface area (Å²) >= 11 is 6.25. The molecule has 1 unspecified atom stereocenters. The van der Waals surface area contributed by atoms with E-state index in [1.54, 1.807) is 0 Å². The van der Waals surface area contributed by atoms with E-state index in [2.05, 4.69) is 43.1 Å². The van der Waals surface area contributed by atoms with Crippen LogP contribution < -0.4 is 5.32 Å². The van der Waals surface area contributed by atoms with E-state index in [1.807, 2.05) is 6.07 Å². The smallest absolute Gasteiger partial charge is 0.0637 e. The summed E-state index contributed by atoms with van der Waals surface area (Å²) in [6.07, 6.45) is 2.57. The molecule has 106 valence electrons. The van der Waals surface area contributed by atoms with Gasteiger partial charge in [0.2, 0.25) is 0 Å². The first kappa shape index (κ1) is 14.7. The number of nitrogens with one attached hydrogen (secondary N) is 1. The minimum absolute atomic E-state index is 0.485. The monoisotopic (exact) mass is 280 g/mol. The van der Waals surface area contributed by atoms with Crippen LogP contribution in [0.5, 0.6) is 0 Å². The zero-order valence-corrected chi connectivity index (χ0v) is 13.0. The van der Waals surface area contributed by atoms with Gasteiger partial charge in [-0.25, -0.2) is 0 Å². The first-order valence-corrected chi connectivity index (χ1v) is 7.73. The van der Waals surface area contributed by atoms with Crippen molar-refractivity contribution in [1.29, 1.82) is 0 Å². The standard InChI is InChI=1S/C16H25ClN2/c1-4-19-9-7-14(8-10-19)13(3)18-16-11-12(2)5-6-15(16)17/h5-6,11,13-14,18H,4,7-10H2,1-3H3. The minimum atomic E-state index is 0.485. The second kappa shape index (κ2) is 6.62. The van der Waals surface area contributed by atoms with Crippen molar-refractivity contribution in [2.75, 3.05) is 25.0 Å². The molecule has 1 fully saturated rings. The summed E-state index contributed by atoms with van der Waals surface area (Å²) in [5, 5.41) is 4.43. The third kappa shape index (κ3) is 3.87. The van der Waals surface area contributed by atoms with Crippen molar-refractivity contribution >= 4 is 17.3 Å². The Morgan fingerprint density at radius 1 is 1.37 bits per heavy atom. The van der Waals surface area contributed by atoms with Crippen molar-refractivity contribution in [2.45, 2.75) is 39.7 Å². The SMILES string of the molecule is CCN1CCC(C(C)Nc2cc(C)ccc2Cl)CC1. The highest BCUT2D eigenvalue weighted by Gasteiger charge is 2.23. The Bertz CT molecular complexity index is 411. The molecule has 1 saturated heterocycles. The van der Waals surface area contributed by atoms with Crippen molar-refractivity contribution in [2.24, 2.45) is 5.92 Å². The van der Waals surface area contributed by atoms with E-state index in [4.69, 9.17) is 11.6 Å². The van der Waals surface area contributed by atoms with Gasteiger partial charge in [-0.05, 0) is 69.9 Å². The average molecular weight is 281 g/mol. The van der Waals surface area contributed by atoms with Crippen molar-refractivity contribution in [3.8, 4) is 0 Å². The molecule has 0 spiro atoms. The first-order valence-electron chi connectivity index (χ1n) is 7.35. The van der Waals surface area contributed by atoms with Crippen LogP contribution in [-0.2, 0) is 0 Å². The Labute approximate surface area is 122 Å². The second-order valence-corrected chi connectivity index (χ2v) is 6.10. The average Bonchev–Trinajstić information content (AvgIpc) is 2.43. The molecule has 2 nitrogen and oxygen atoms in total. The van der Waals surface area contributed by atoms with Gasteiger partial charge in [-0.3, -0.25) is 0 Å². The van der Waals surface area contributed by atoms with Crippen LogP contribution in [0, 0.1) is 12.8 Å². The number of aryl methyl sites for hydroxylation is 1. The number of hydrogen-bond donors (Lipinski definition) is 1. The van der Waals surface area contributed by atoms with E-state index in [-0.39, 0.29) is 0 Å². The predicted molar refractivity (Wildman–Crippen MR) is 84.1 cm³/mol. The molecule has 0 aliphatic carbocycles. The molecular weight excluding hydrogens is 256 g/mol. The topological polar surface area (TPSA) is 15.3 Å². The van der Waals surface area contributed by atoms with E-state index < -0.39 is 0 Å². The van der Waals surface area contributed by atoms with Gasteiger partial charge in [0, 0.05) is 6.04 Å². The van der Waals surface area contributed by atoms with Crippen molar-refractivity contribution in [3.05, 3.63) is 28.8 Å². The second-order valence-electron chi connectivity index (χ2n) is 5.69. The Morgan fingerprint density at radius 2 is 2.05 bits per heavy atom. The Balaban J connectivity index is 1.94. The van der Waals surface area contributed by atoms with Gasteiger partial charge >= 0.3 is 0 Å². The normalized spacial score (nSPS) is 19.4. The van der Waals surface area contributed by atoms with E-state index in [0.717, 1.165) is 16.6 Å². The molecule has 0 amide bonds. The summed E-state index contributed by atoms with van der Waals surface area (Å²) in [6, 6.07) is 6.65. The molecule has 0 aromatic heterocycles. The van der Waals surface area contributed by atoms with Crippen molar-refractivity contribution in [3.63, 3.8) is 0 Å². The lowest BCUT2D eigenvalue weighted by molar-refractivity contribution is 0.183. The van der Waals surface area contributed by atoms with Crippen LogP contribution in [0.3, 0.4) is 0 Å². The number of hydrogen-bond acceptors (Lipinski definition) is 2. The van der Waals surface area contributed by atoms with Crippen LogP contribution in [0.2, 0.25) is 5.02 Å². The zero-order valence-electron chi connectivity index (χ0n) is 12.2. The number of nitrogens with zero attached hydrogens (tertiary/aromatic N) is 1. The highest BCUT2D eigenvalue weighted by atomic mass is 35.5. The maximum absolute atomic E-state index is 6.25. The molecule has 0 saturated carbocycles. The number of piperidine rings is 1. The van der Waals surface area contributed by atoms with Crippen molar-refractivity contribution in [1.82, 2.24) is 4.90 Å². The first-order chi connectivity index (χ1) is 9.10. The molecule has 19 heavy (non-hydrogen) atoms.